The van der Waals surface area contributed by atoms with Gasteiger partial charge >= 0.3 is 0 Å². The van der Waals surface area contributed by atoms with Crippen molar-refractivity contribution in [3.05, 3.63) is 48.3 Å². The van der Waals surface area contributed by atoms with Crippen LogP contribution in [0.4, 0.5) is 5.69 Å². The Morgan fingerprint density at radius 2 is 2.15 bits per heavy atom. The van der Waals surface area contributed by atoms with Crippen LogP contribution in [-0.4, -0.2) is 20.8 Å². The number of nitrogens with one attached hydrogen (secondary N) is 1. The van der Waals surface area contributed by atoms with Crippen molar-refractivity contribution in [2.45, 2.75) is 32.4 Å². The van der Waals surface area contributed by atoms with Crippen molar-refractivity contribution >= 4 is 11.6 Å². The Labute approximate surface area is 118 Å². The van der Waals surface area contributed by atoms with Crippen LogP contribution >= 0.6 is 0 Å². The Balaban J connectivity index is 1.88. The fourth-order valence-electron chi connectivity index (χ4n) is 1.96. The highest BCUT2D eigenvalue weighted by molar-refractivity contribution is 5.90. The van der Waals surface area contributed by atoms with Gasteiger partial charge in [0.2, 0.25) is 5.91 Å². The van der Waals surface area contributed by atoms with E-state index in [-0.39, 0.29) is 12.3 Å². The molecule has 0 aliphatic carbocycles. The van der Waals surface area contributed by atoms with E-state index in [0.29, 0.717) is 5.69 Å². The van der Waals surface area contributed by atoms with E-state index in [0.717, 1.165) is 18.5 Å². The summed E-state index contributed by atoms with van der Waals surface area (Å²) in [5.74, 6) is -0.225. The molecule has 0 fully saturated rings. The summed E-state index contributed by atoms with van der Waals surface area (Å²) >= 11 is 0. The molecule has 0 aliphatic heterocycles. The monoisotopic (exact) mass is 273 g/mol. The number of aliphatic hydroxyl groups excluding tert-OH is 1. The van der Waals surface area contributed by atoms with Gasteiger partial charge in [-0.25, -0.2) is 0 Å². The number of amides is 1. The van der Waals surface area contributed by atoms with Crippen LogP contribution in [0.1, 0.15) is 31.4 Å². The predicted molar refractivity (Wildman–Crippen MR) is 77.2 cm³/mol. The van der Waals surface area contributed by atoms with Gasteiger partial charge in [-0.05, 0) is 12.0 Å². The number of anilines is 1. The van der Waals surface area contributed by atoms with Gasteiger partial charge in [-0.3, -0.25) is 9.48 Å². The minimum atomic E-state index is -0.790. The third-order valence-corrected chi connectivity index (χ3v) is 2.93. The molecule has 0 saturated heterocycles. The number of rotatable bonds is 6. The van der Waals surface area contributed by atoms with Crippen molar-refractivity contribution in [3.8, 4) is 0 Å². The van der Waals surface area contributed by atoms with Crippen molar-refractivity contribution < 1.29 is 9.90 Å². The highest BCUT2D eigenvalue weighted by Gasteiger charge is 2.13. The molecule has 2 rings (SSSR count). The number of aliphatic hydroxyl groups is 1. The molecular weight excluding hydrogens is 254 g/mol. The maximum atomic E-state index is 11.9. The number of aryl methyl sites for hydroxylation is 1. The van der Waals surface area contributed by atoms with Crippen molar-refractivity contribution in [3.63, 3.8) is 0 Å². The zero-order valence-electron chi connectivity index (χ0n) is 11.5. The van der Waals surface area contributed by atoms with Crippen LogP contribution in [0.5, 0.6) is 0 Å². The standard InChI is InChI=1S/C15H19N3O2/c1-2-8-18-11-13(10-16-18)17-15(20)9-14(19)12-6-4-3-5-7-12/h3-7,10-11,14,19H,2,8-9H2,1H3,(H,17,20). The molecule has 1 amide bonds. The van der Waals surface area contributed by atoms with E-state index < -0.39 is 6.10 Å². The van der Waals surface area contributed by atoms with Crippen LogP contribution in [0.25, 0.3) is 0 Å². The largest absolute Gasteiger partial charge is 0.388 e. The second kappa shape index (κ2) is 6.86. The Kier molecular flexibility index (Phi) is 4.90. The van der Waals surface area contributed by atoms with Gasteiger partial charge in [0.15, 0.2) is 0 Å². The fraction of sp³-hybridized carbons (Fsp3) is 0.333. The summed E-state index contributed by atoms with van der Waals surface area (Å²) in [6.45, 7) is 2.89. The summed E-state index contributed by atoms with van der Waals surface area (Å²) in [6, 6.07) is 9.16. The van der Waals surface area contributed by atoms with Crippen LogP contribution < -0.4 is 5.32 Å². The summed E-state index contributed by atoms with van der Waals surface area (Å²) in [7, 11) is 0. The average Bonchev–Trinajstić information content (AvgIpc) is 2.87. The van der Waals surface area contributed by atoms with Gasteiger partial charge in [-0.15, -0.1) is 0 Å². The topological polar surface area (TPSA) is 67.2 Å². The molecule has 0 bridgehead atoms. The molecule has 106 valence electrons. The zero-order valence-corrected chi connectivity index (χ0v) is 11.5. The Morgan fingerprint density at radius 3 is 2.85 bits per heavy atom. The van der Waals surface area contributed by atoms with Gasteiger partial charge in [0.05, 0.1) is 24.4 Å². The molecular formula is C15H19N3O2. The van der Waals surface area contributed by atoms with E-state index in [4.69, 9.17) is 0 Å². The lowest BCUT2D eigenvalue weighted by Crippen LogP contribution is -2.15. The van der Waals surface area contributed by atoms with Crippen molar-refractivity contribution in [1.29, 1.82) is 0 Å². The first-order valence-corrected chi connectivity index (χ1v) is 6.74. The molecule has 0 radical (unpaired) electrons. The van der Waals surface area contributed by atoms with Gasteiger partial charge in [0.1, 0.15) is 0 Å². The number of hydrogen-bond donors (Lipinski definition) is 2. The Bertz CT molecular complexity index is 551. The Hall–Kier alpha value is -2.14. The van der Waals surface area contributed by atoms with Gasteiger partial charge in [-0.1, -0.05) is 37.3 Å². The van der Waals surface area contributed by atoms with Crippen LogP contribution in [0.3, 0.4) is 0 Å². The van der Waals surface area contributed by atoms with E-state index in [2.05, 4.69) is 17.3 Å². The number of benzene rings is 1. The van der Waals surface area contributed by atoms with Gasteiger partial charge in [0.25, 0.3) is 0 Å². The molecule has 20 heavy (non-hydrogen) atoms. The molecule has 0 aliphatic rings. The summed E-state index contributed by atoms with van der Waals surface area (Å²) in [6.07, 6.45) is 3.63. The van der Waals surface area contributed by atoms with E-state index in [1.165, 1.54) is 0 Å². The van der Waals surface area contributed by atoms with E-state index in [9.17, 15) is 9.90 Å². The summed E-state index contributed by atoms with van der Waals surface area (Å²) in [5, 5.41) is 16.9. The molecule has 1 aromatic carbocycles. The smallest absolute Gasteiger partial charge is 0.227 e. The number of hydrogen-bond acceptors (Lipinski definition) is 3. The maximum absolute atomic E-state index is 11.9. The van der Waals surface area contributed by atoms with Crippen molar-refractivity contribution in [1.82, 2.24) is 9.78 Å². The molecule has 0 saturated carbocycles. The SMILES string of the molecule is CCCn1cc(NC(=O)CC(O)c2ccccc2)cn1. The van der Waals surface area contributed by atoms with Crippen LogP contribution in [0.2, 0.25) is 0 Å². The normalized spacial score (nSPS) is 12.1. The molecule has 1 heterocycles. The first-order chi connectivity index (χ1) is 9.69. The fourth-order valence-corrected chi connectivity index (χ4v) is 1.96. The Morgan fingerprint density at radius 1 is 1.40 bits per heavy atom. The number of carbonyl (C=O) groups is 1. The average molecular weight is 273 g/mol. The van der Waals surface area contributed by atoms with Crippen molar-refractivity contribution in [2.24, 2.45) is 0 Å². The van der Waals surface area contributed by atoms with Crippen LogP contribution in [-0.2, 0) is 11.3 Å². The number of carbonyl (C=O) groups excluding carboxylic acids is 1. The molecule has 2 aromatic rings. The maximum Gasteiger partial charge on any atom is 0.227 e. The number of aromatic nitrogens is 2. The summed E-state index contributed by atoms with van der Waals surface area (Å²) < 4.78 is 1.78. The molecule has 1 unspecified atom stereocenters. The minimum absolute atomic E-state index is 0.0307. The van der Waals surface area contributed by atoms with Gasteiger partial charge in [0, 0.05) is 12.7 Å². The third kappa shape index (κ3) is 3.93. The minimum Gasteiger partial charge on any atom is -0.388 e. The predicted octanol–water partition coefficient (Wildman–Crippen LogP) is 2.36. The van der Waals surface area contributed by atoms with Gasteiger partial charge in [-0.2, -0.15) is 5.10 Å². The van der Waals surface area contributed by atoms with Crippen LogP contribution in [0, 0.1) is 0 Å². The molecule has 2 N–H and O–H groups in total. The second-order valence-corrected chi connectivity index (χ2v) is 4.67. The summed E-state index contributed by atoms with van der Waals surface area (Å²) in [5.41, 5.74) is 1.40. The highest BCUT2D eigenvalue weighted by atomic mass is 16.3. The first kappa shape index (κ1) is 14.3. The molecule has 5 heteroatoms. The van der Waals surface area contributed by atoms with Crippen molar-refractivity contribution in [2.75, 3.05) is 5.32 Å². The molecule has 1 aromatic heterocycles. The zero-order chi connectivity index (χ0) is 14.4. The molecule has 5 nitrogen and oxygen atoms in total. The van der Waals surface area contributed by atoms with Crippen LogP contribution in [0.15, 0.2) is 42.7 Å². The van der Waals surface area contributed by atoms with E-state index >= 15 is 0 Å². The lowest BCUT2D eigenvalue weighted by molar-refractivity contribution is -0.118. The van der Waals surface area contributed by atoms with E-state index in [1.807, 2.05) is 18.2 Å². The van der Waals surface area contributed by atoms with Gasteiger partial charge < -0.3 is 10.4 Å². The molecule has 1 atom stereocenters. The highest BCUT2D eigenvalue weighted by Crippen LogP contribution is 2.17. The second-order valence-electron chi connectivity index (χ2n) is 4.67. The first-order valence-electron chi connectivity index (χ1n) is 6.74. The molecule has 0 spiro atoms. The lowest BCUT2D eigenvalue weighted by atomic mass is 10.1. The lowest BCUT2D eigenvalue weighted by Gasteiger charge is -2.10. The number of nitrogens with zero attached hydrogens (tertiary/aromatic N) is 2. The van der Waals surface area contributed by atoms with E-state index in [1.54, 1.807) is 29.2 Å². The summed E-state index contributed by atoms with van der Waals surface area (Å²) in [4.78, 5) is 11.9. The third-order valence-electron chi connectivity index (χ3n) is 2.93. The quantitative estimate of drug-likeness (QED) is 0.849.